The van der Waals surface area contributed by atoms with Gasteiger partial charge in [0.2, 0.25) is 5.88 Å². The lowest BCUT2D eigenvalue weighted by atomic mass is 9.95. The molecule has 0 amide bonds. The molecule has 2 heterocycles. The third-order valence-corrected chi connectivity index (χ3v) is 5.67. The molecule has 4 rings (SSSR count). The Morgan fingerprint density at radius 1 is 1.06 bits per heavy atom. The highest BCUT2D eigenvalue weighted by atomic mass is 32.2. The fraction of sp³-hybridized carbons (Fsp3) is 0.217. The highest BCUT2D eigenvalue weighted by Crippen LogP contribution is 2.33. The fourth-order valence-corrected chi connectivity index (χ4v) is 3.83. The molecule has 2 N–H and O–H groups in total. The van der Waals surface area contributed by atoms with Gasteiger partial charge in [0.25, 0.3) is 0 Å². The van der Waals surface area contributed by atoms with E-state index in [2.05, 4.69) is 20.2 Å². The largest absolute Gasteiger partial charge is 0.439 e. The number of nitrogens with two attached hydrogens (primary N) is 1. The van der Waals surface area contributed by atoms with Gasteiger partial charge in [0, 0.05) is 18.9 Å². The van der Waals surface area contributed by atoms with Crippen molar-refractivity contribution >= 4 is 29.0 Å². The number of nitrogens with zero attached hydrogens (tertiary/aromatic N) is 4. The molecule has 10 heteroatoms. The van der Waals surface area contributed by atoms with E-state index >= 15 is 0 Å². The zero-order valence-corrected chi connectivity index (χ0v) is 18.7. The van der Waals surface area contributed by atoms with Crippen LogP contribution in [0.25, 0.3) is 0 Å². The Morgan fingerprint density at radius 3 is 2.52 bits per heavy atom. The number of rotatable bonds is 6. The van der Waals surface area contributed by atoms with E-state index in [0.717, 1.165) is 17.3 Å². The molecule has 3 aromatic rings. The minimum Gasteiger partial charge on any atom is -0.439 e. The summed E-state index contributed by atoms with van der Waals surface area (Å²) in [4.78, 5) is 8.35. The molecule has 0 atom stereocenters. The second-order valence-electron chi connectivity index (χ2n) is 7.40. The van der Waals surface area contributed by atoms with Crippen LogP contribution in [0.5, 0.6) is 11.6 Å². The Kier molecular flexibility index (Phi) is 6.37. The summed E-state index contributed by atoms with van der Waals surface area (Å²) in [6.45, 7) is 1.49. The second-order valence-corrected chi connectivity index (χ2v) is 8.17. The maximum absolute atomic E-state index is 13.2. The van der Waals surface area contributed by atoms with Gasteiger partial charge < -0.3 is 10.5 Å². The molecule has 2 aromatic carbocycles. The van der Waals surface area contributed by atoms with Crippen molar-refractivity contribution in [3.05, 3.63) is 70.8 Å². The van der Waals surface area contributed by atoms with Crippen molar-refractivity contribution in [3.8, 4) is 11.6 Å². The topological polar surface area (TPSA) is 85.8 Å². The molecule has 33 heavy (non-hydrogen) atoms. The standard InChI is InChI=1S/C23H20F3N5OS/c1-13-15(4-3-5-18(13)23(24,25)26)10-16-11-19(31-30-16)14-6-8-17(9-7-14)32-21-12-20(27)28-22(29-21)33-2/h3-9,12H,10-11H2,1-2H3,(H2,27,28,29). The highest BCUT2D eigenvalue weighted by molar-refractivity contribution is 7.98. The van der Waals surface area contributed by atoms with Gasteiger partial charge in [-0.15, -0.1) is 0 Å². The van der Waals surface area contributed by atoms with E-state index in [-0.39, 0.29) is 5.56 Å². The number of halogens is 3. The molecule has 0 saturated heterocycles. The second kappa shape index (κ2) is 9.22. The average molecular weight is 472 g/mol. The number of nitrogen functional groups attached to an aromatic ring is 1. The van der Waals surface area contributed by atoms with E-state index in [9.17, 15) is 13.2 Å². The van der Waals surface area contributed by atoms with E-state index in [1.807, 2.05) is 18.4 Å². The van der Waals surface area contributed by atoms with Crippen LogP contribution in [0.15, 0.2) is 63.9 Å². The summed E-state index contributed by atoms with van der Waals surface area (Å²) in [5, 5.41) is 8.95. The molecule has 6 nitrogen and oxygen atoms in total. The number of hydrogen-bond acceptors (Lipinski definition) is 7. The highest BCUT2D eigenvalue weighted by Gasteiger charge is 2.33. The normalized spacial score (nSPS) is 13.6. The van der Waals surface area contributed by atoms with Gasteiger partial charge in [-0.1, -0.05) is 23.9 Å². The van der Waals surface area contributed by atoms with E-state index in [4.69, 9.17) is 10.5 Å². The molecule has 0 fully saturated rings. The van der Waals surface area contributed by atoms with Crippen molar-refractivity contribution in [1.82, 2.24) is 9.97 Å². The van der Waals surface area contributed by atoms with Crippen molar-refractivity contribution in [1.29, 1.82) is 0 Å². The summed E-state index contributed by atoms with van der Waals surface area (Å²) < 4.78 is 45.3. The molecular weight excluding hydrogens is 451 g/mol. The van der Waals surface area contributed by atoms with E-state index in [0.29, 0.717) is 46.7 Å². The van der Waals surface area contributed by atoms with Gasteiger partial charge in [0.05, 0.1) is 17.0 Å². The Labute approximate surface area is 192 Å². The lowest BCUT2D eigenvalue weighted by Crippen LogP contribution is -2.12. The Hall–Kier alpha value is -3.40. The smallest absolute Gasteiger partial charge is 0.416 e. The zero-order valence-electron chi connectivity index (χ0n) is 17.8. The molecule has 0 saturated carbocycles. The molecule has 170 valence electrons. The summed E-state index contributed by atoms with van der Waals surface area (Å²) in [7, 11) is 0. The van der Waals surface area contributed by atoms with Crippen LogP contribution >= 0.6 is 11.8 Å². The number of alkyl halides is 3. The van der Waals surface area contributed by atoms with Crippen molar-refractivity contribution in [2.75, 3.05) is 12.0 Å². The fourth-order valence-electron chi connectivity index (χ4n) is 3.46. The number of aromatic nitrogens is 2. The van der Waals surface area contributed by atoms with E-state index in [1.54, 1.807) is 24.3 Å². The summed E-state index contributed by atoms with van der Waals surface area (Å²) in [5.74, 6) is 1.24. The average Bonchev–Trinajstić information content (AvgIpc) is 3.23. The van der Waals surface area contributed by atoms with E-state index in [1.165, 1.54) is 24.8 Å². The van der Waals surface area contributed by atoms with E-state index < -0.39 is 11.7 Å². The summed E-state index contributed by atoms with van der Waals surface area (Å²) in [5.41, 5.74) is 8.29. The van der Waals surface area contributed by atoms with Crippen molar-refractivity contribution in [2.24, 2.45) is 10.2 Å². The lowest BCUT2D eigenvalue weighted by Gasteiger charge is -2.13. The van der Waals surface area contributed by atoms with Crippen LogP contribution in [-0.2, 0) is 12.6 Å². The third kappa shape index (κ3) is 5.33. The van der Waals surface area contributed by atoms with Crippen LogP contribution in [0, 0.1) is 6.92 Å². The SMILES string of the molecule is CSc1nc(N)cc(Oc2ccc(C3=NN=C(Cc4cccc(C(F)(F)F)c4C)C3)cc2)n1. The van der Waals surface area contributed by atoms with Gasteiger partial charge >= 0.3 is 6.18 Å². The number of benzene rings is 2. The molecule has 0 aliphatic carbocycles. The maximum Gasteiger partial charge on any atom is 0.416 e. The van der Waals surface area contributed by atoms with Crippen LogP contribution in [0.4, 0.5) is 19.0 Å². The van der Waals surface area contributed by atoms with Gasteiger partial charge in [-0.25, -0.2) is 4.98 Å². The quantitative estimate of drug-likeness (QED) is 0.369. The molecule has 0 radical (unpaired) electrons. The zero-order chi connectivity index (χ0) is 23.6. The Bertz CT molecular complexity index is 1240. The van der Waals surface area contributed by atoms with Gasteiger partial charge in [-0.3, -0.25) is 0 Å². The number of hydrogen-bond donors (Lipinski definition) is 1. The summed E-state index contributed by atoms with van der Waals surface area (Å²) in [6, 6.07) is 13.0. The maximum atomic E-state index is 13.2. The summed E-state index contributed by atoms with van der Waals surface area (Å²) in [6.07, 6.45) is -1.75. The summed E-state index contributed by atoms with van der Waals surface area (Å²) >= 11 is 1.36. The van der Waals surface area contributed by atoms with Crippen LogP contribution < -0.4 is 10.5 Å². The van der Waals surface area contributed by atoms with Crippen molar-refractivity contribution in [3.63, 3.8) is 0 Å². The van der Waals surface area contributed by atoms with Crippen LogP contribution in [-0.4, -0.2) is 27.6 Å². The lowest BCUT2D eigenvalue weighted by molar-refractivity contribution is -0.138. The number of ether oxygens (including phenoxy) is 1. The molecule has 0 bridgehead atoms. The molecule has 1 aliphatic heterocycles. The number of thioether (sulfide) groups is 1. The van der Waals surface area contributed by atoms with Gasteiger partial charge in [-0.2, -0.15) is 28.4 Å². The molecular formula is C23H20F3N5OS. The van der Waals surface area contributed by atoms with Crippen LogP contribution in [0.2, 0.25) is 0 Å². The third-order valence-electron chi connectivity index (χ3n) is 5.12. The first-order valence-electron chi connectivity index (χ1n) is 9.97. The van der Waals surface area contributed by atoms with Crippen LogP contribution in [0.1, 0.15) is 28.7 Å². The Balaban J connectivity index is 1.41. The molecule has 1 aromatic heterocycles. The number of anilines is 1. The Morgan fingerprint density at radius 2 is 1.82 bits per heavy atom. The van der Waals surface area contributed by atoms with Gasteiger partial charge in [0.1, 0.15) is 11.6 Å². The molecule has 1 aliphatic rings. The molecule has 0 unspecified atom stereocenters. The first-order valence-corrected chi connectivity index (χ1v) is 11.2. The first kappa shape index (κ1) is 22.8. The molecule has 0 spiro atoms. The van der Waals surface area contributed by atoms with Crippen molar-refractivity contribution < 1.29 is 17.9 Å². The predicted octanol–water partition coefficient (Wildman–Crippen LogP) is 5.69. The van der Waals surface area contributed by atoms with Crippen LogP contribution in [0.3, 0.4) is 0 Å². The van der Waals surface area contributed by atoms with Gasteiger partial charge in [0.15, 0.2) is 5.16 Å². The van der Waals surface area contributed by atoms with Crippen molar-refractivity contribution in [2.45, 2.75) is 31.1 Å². The first-order chi connectivity index (χ1) is 15.7. The van der Waals surface area contributed by atoms with Gasteiger partial charge in [-0.05, 0) is 60.2 Å². The minimum atomic E-state index is -4.38. The monoisotopic (exact) mass is 471 g/mol. The predicted molar refractivity (Wildman–Crippen MR) is 123 cm³/mol. The minimum absolute atomic E-state index is 0.220.